The fourth-order valence-corrected chi connectivity index (χ4v) is 3.05. The SMILES string of the molecule is CCCc1cc(C(=O)N2CCCC(CC)C2)cc(Cl)n1. The number of hydrogen-bond acceptors (Lipinski definition) is 2. The molecule has 1 aromatic heterocycles. The van der Waals surface area contributed by atoms with Crippen LogP contribution in [-0.4, -0.2) is 28.9 Å². The van der Waals surface area contributed by atoms with Crippen LogP contribution in [0.1, 0.15) is 55.6 Å². The van der Waals surface area contributed by atoms with Crippen LogP contribution < -0.4 is 0 Å². The number of amides is 1. The second kappa shape index (κ2) is 7.07. The van der Waals surface area contributed by atoms with Gasteiger partial charge in [0.15, 0.2) is 0 Å². The number of piperidine rings is 1. The highest BCUT2D eigenvalue weighted by molar-refractivity contribution is 6.29. The quantitative estimate of drug-likeness (QED) is 0.788. The first-order chi connectivity index (χ1) is 9.63. The molecule has 0 aliphatic carbocycles. The summed E-state index contributed by atoms with van der Waals surface area (Å²) in [4.78, 5) is 18.9. The third-order valence-corrected chi connectivity index (χ3v) is 4.18. The third kappa shape index (κ3) is 3.72. The van der Waals surface area contributed by atoms with E-state index in [4.69, 9.17) is 11.6 Å². The zero-order valence-corrected chi connectivity index (χ0v) is 13.1. The van der Waals surface area contributed by atoms with Gasteiger partial charge in [0.25, 0.3) is 5.91 Å². The van der Waals surface area contributed by atoms with Gasteiger partial charge < -0.3 is 4.90 Å². The predicted molar refractivity (Wildman–Crippen MR) is 82.2 cm³/mol. The summed E-state index contributed by atoms with van der Waals surface area (Å²) in [5.41, 5.74) is 1.60. The molecule has 2 rings (SSSR count). The maximum Gasteiger partial charge on any atom is 0.254 e. The van der Waals surface area contributed by atoms with Crippen molar-refractivity contribution in [2.75, 3.05) is 13.1 Å². The van der Waals surface area contributed by atoms with Gasteiger partial charge in [0.1, 0.15) is 5.15 Å². The summed E-state index contributed by atoms with van der Waals surface area (Å²) < 4.78 is 0. The van der Waals surface area contributed by atoms with Crippen LogP contribution in [0.15, 0.2) is 12.1 Å². The summed E-state index contributed by atoms with van der Waals surface area (Å²) in [5, 5.41) is 0.420. The summed E-state index contributed by atoms with van der Waals surface area (Å²) in [6.45, 7) is 6.03. The Morgan fingerprint density at radius 3 is 2.95 bits per heavy atom. The van der Waals surface area contributed by atoms with Crippen LogP contribution in [0.5, 0.6) is 0 Å². The van der Waals surface area contributed by atoms with Crippen LogP contribution in [0.25, 0.3) is 0 Å². The van der Waals surface area contributed by atoms with Crippen LogP contribution in [0, 0.1) is 5.92 Å². The maximum atomic E-state index is 12.6. The fourth-order valence-electron chi connectivity index (χ4n) is 2.82. The molecule has 1 aromatic rings. The Kier molecular flexibility index (Phi) is 5.41. The second-order valence-electron chi connectivity index (χ2n) is 5.59. The molecule has 0 bridgehead atoms. The Morgan fingerprint density at radius 1 is 1.45 bits per heavy atom. The molecule has 20 heavy (non-hydrogen) atoms. The molecule has 1 unspecified atom stereocenters. The summed E-state index contributed by atoms with van der Waals surface area (Å²) in [6, 6.07) is 3.59. The smallest absolute Gasteiger partial charge is 0.254 e. The minimum absolute atomic E-state index is 0.102. The lowest BCUT2D eigenvalue weighted by Gasteiger charge is -2.32. The van der Waals surface area contributed by atoms with Crippen molar-refractivity contribution in [3.05, 3.63) is 28.5 Å². The molecule has 0 aromatic carbocycles. The number of likely N-dealkylation sites (tertiary alicyclic amines) is 1. The average molecular weight is 295 g/mol. The lowest BCUT2D eigenvalue weighted by molar-refractivity contribution is 0.0671. The molecule has 1 aliphatic heterocycles. The molecule has 110 valence electrons. The van der Waals surface area contributed by atoms with Crippen molar-refractivity contribution in [2.45, 2.75) is 46.0 Å². The zero-order chi connectivity index (χ0) is 14.5. The van der Waals surface area contributed by atoms with Crippen molar-refractivity contribution in [2.24, 2.45) is 5.92 Å². The van der Waals surface area contributed by atoms with Gasteiger partial charge in [-0.25, -0.2) is 4.98 Å². The van der Waals surface area contributed by atoms with E-state index in [9.17, 15) is 4.79 Å². The van der Waals surface area contributed by atoms with Crippen LogP contribution in [-0.2, 0) is 6.42 Å². The van der Waals surface area contributed by atoms with Crippen molar-refractivity contribution in [1.82, 2.24) is 9.88 Å². The van der Waals surface area contributed by atoms with Gasteiger partial charge in [-0.3, -0.25) is 4.79 Å². The summed E-state index contributed by atoms with van der Waals surface area (Å²) in [7, 11) is 0. The molecule has 1 aliphatic rings. The lowest BCUT2D eigenvalue weighted by Crippen LogP contribution is -2.39. The van der Waals surface area contributed by atoms with Gasteiger partial charge in [-0.2, -0.15) is 0 Å². The number of carbonyl (C=O) groups is 1. The van der Waals surface area contributed by atoms with Crippen molar-refractivity contribution >= 4 is 17.5 Å². The number of rotatable bonds is 4. The zero-order valence-electron chi connectivity index (χ0n) is 12.4. The first-order valence-corrected chi connectivity index (χ1v) is 7.97. The van der Waals surface area contributed by atoms with Crippen molar-refractivity contribution < 1.29 is 4.79 Å². The second-order valence-corrected chi connectivity index (χ2v) is 5.97. The molecule has 1 amide bonds. The van der Waals surface area contributed by atoms with E-state index in [1.54, 1.807) is 6.07 Å². The largest absolute Gasteiger partial charge is 0.338 e. The standard InChI is InChI=1S/C16H23ClN2O/c1-3-6-14-9-13(10-15(17)18-14)16(20)19-8-5-7-12(4-2)11-19/h9-10,12H,3-8,11H2,1-2H3. The van der Waals surface area contributed by atoms with E-state index in [1.807, 2.05) is 11.0 Å². The van der Waals surface area contributed by atoms with E-state index in [2.05, 4.69) is 18.8 Å². The molecule has 1 atom stereocenters. The van der Waals surface area contributed by atoms with Gasteiger partial charge in [-0.1, -0.05) is 38.3 Å². The molecular formula is C16H23ClN2O. The topological polar surface area (TPSA) is 33.2 Å². The van der Waals surface area contributed by atoms with Gasteiger partial charge >= 0.3 is 0 Å². The fraction of sp³-hybridized carbons (Fsp3) is 0.625. The highest BCUT2D eigenvalue weighted by Crippen LogP contribution is 2.22. The Balaban J connectivity index is 2.15. The van der Waals surface area contributed by atoms with E-state index < -0.39 is 0 Å². The lowest BCUT2D eigenvalue weighted by atomic mass is 9.95. The van der Waals surface area contributed by atoms with Crippen molar-refractivity contribution in [3.8, 4) is 0 Å². The van der Waals surface area contributed by atoms with Gasteiger partial charge in [0.2, 0.25) is 0 Å². The average Bonchev–Trinajstić information content (AvgIpc) is 2.46. The Bertz CT molecular complexity index is 476. The Labute approximate surface area is 126 Å². The number of aryl methyl sites for hydroxylation is 1. The first kappa shape index (κ1) is 15.3. The number of halogens is 1. The summed E-state index contributed by atoms with van der Waals surface area (Å²) in [5.74, 6) is 0.741. The molecule has 0 N–H and O–H groups in total. The van der Waals surface area contributed by atoms with Crippen LogP contribution in [0.4, 0.5) is 0 Å². The Hall–Kier alpha value is -1.09. The molecule has 4 heteroatoms. The van der Waals surface area contributed by atoms with Gasteiger partial charge in [-0.05, 0) is 37.3 Å². The highest BCUT2D eigenvalue weighted by Gasteiger charge is 2.24. The minimum atomic E-state index is 0.102. The van der Waals surface area contributed by atoms with E-state index in [1.165, 1.54) is 6.42 Å². The van der Waals surface area contributed by atoms with Crippen molar-refractivity contribution in [1.29, 1.82) is 0 Å². The number of aromatic nitrogens is 1. The van der Waals surface area contributed by atoms with Gasteiger partial charge in [0, 0.05) is 24.3 Å². The number of carbonyl (C=O) groups excluding carboxylic acids is 1. The number of nitrogens with zero attached hydrogens (tertiary/aromatic N) is 2. The molecular weight excluding hydrogens is 272 g/mol. The third-order valence-electron chi connectivity index (χ3n) is 3.98. The first-order valence-electron chi connectivity index (χ1n) is 7.59. The number of hydrogen-bond donors (Lipinski definition) is 0. The highest BCUT2D eigenvalue weighted by atomic mass is 35.5. The molecule has 0 saturated carbocycles. The van der Waals surface area contributed by atoms with Gasteiger partial charge in [-0.15, -0.1) is 0 Å². The van der Waals surface area contributed by atoms with E-state index >= 15 is 0 Å². The van der Waals surface area contributed by atoms with Crippen molar-refractivity contribution in [3.63, 3.8) is 0 Å². The van der Waals surface area contributed by atoms with E-state index in [0.29, 0.717) is 16.6 Å². The van der Waals surface area contributed by atoms with Gasteiger partial charge in [0.05, 0.1) is 0 Å². The number of pyridine rings is 1. The van der Waals surface area contributed by atoms with Crippen LogP contribution in [0.3, 0.4) is 0 Å². The Morgan fingerprint density at radius 2 is 2.25 bits per heavy atom. The normalized spacial score (nSPS) is 19.1. The summed E-state index contributed by atoms with van der Waals surface area (Å²) in [6.07, 6.45) is 5.34. The molecule has 3 nitrogen and oxygen atoms in total. The van der Waals surface area contributed by atoms with E-state index in [0.717, 1.165) is 44.5 Å². The van der Waals surface area contributed by atoms with Crippen LogP contribution >= 0.6 is 11.6 Å². The predicted octanol–water partition coefficient (Wildman–Crippen LogP) is 3.95. The molecule has 1 saturated heterocycles. The maximum absolute atomic E-state index is 12.6. The minimum Gasteiger partial charge on any atom is -0.338 e. The monoisotopic (exact) mass is 294 g/mol. The molecule has 0 spiro atoms. The van der Waals surface area contributed by atoms with Crippen LogP contribution in [0.2, 0.25) is 5.15 Å². The van der Waals surface area contributed by atoms with E-state index in [-0.39, 0.29) is 5.91 Å². The molecule has 1 fully saturated rings. The summed E-state index contributed by atoms with van der Waals surface area (Å²) >= 11 is 6.04. The molecule has 0 radical (unpaired) electrons. The molecule has 2 heterocycles.